The first-order valence-corrected chi connectivity index (χ1v) is 7.40. The summed E-state index contributed by atoms with van der Waals surface area (Å²) >= 11 is 0. The van der Waals surface area contributed by atoms with Crippen molar-refractivity contribution in [2.75, 3.05) is 13.2 Å². The first kappa shape index (κ1) is 22.1. The number of hydrogen-bond acceptors (Lipinski definition) is 4. The molecule has 0 rings (SSSR count). The lowest BCUT2D eigenvalue weighted by molar-refractivity contribution is -0.138. The predicted molar refractivity (Wildman–Crippen MR) is 80.2 cm³/mol. The highest BCUT2D eigenvalue weighted by Crippen LogP contribution is 2.10. The number of hydrogen-bond donors (Lipinski definition) is 4. The van der Waals surface area contributed by atoms with Crippen LogP contribution < -0.4 is 0 Å². The molecular formula is C15H30O6. The van der Waals surface area contributed by atoms with Gasteiger partial charge in [0.2, 0.25) is 0 Å². The second-order valence-corrected chi connectivity index (χ2v) is 5.89. The van der Waals surface area contributed by atoms with Crippen LogP contribution in [0.1, 0.15) is 65.2 Å². The lowest BCUT2D eigenvalue weighted by Crippen LogP contribution is -2.20. The number of aliphatic hydroxyl groups is 2. The summed E-state index contributed by atoms with van der Waals surface area (Å²) in [5, 5.41) is 33.6. The molecule has 0 aliphatic rings. The second kappa shape index (κ2) is 13.8. The summed E-state index contributed by atoms with van der Waals surface area (Å²) in [5.74, 6) is -1.48. The Labute approximate surface area is 126 Å². The summed E-state index contributed by atoms with van der Waals surface area (Å²) in [6, 6.07) is 0. The van der Waals surface area contributed by atoms with Crippen LogP contribution in [0.15, 0.2) is 0 Å². The van der Waals surface area contributed by atoms with Crippen molar-refractivity contribution in [3.8, 4) is 0 Å². The van der Waals surface area contributed by atoms with E-state index in [9.17, 15) is 9.59 Å². The molecule has 0 aromatic rings. The van der Waals surface area contributed by atoms with E-state index in [1.807, 2.05) is 0 Å². The van der Waals surface area contributed by atoms with E-state index in [0.717, 1.165) is 38.5 Å². The van der Waals surface area contributed by atoms with Gasteiger partial charge in [0.15, 0.2) is 0 Å². The molecule has 0 aliphatic heterocycles. The smallest absolute Gasteiger partial charge is 0.303 e. The van der Waals surface area contributed by atoms with Crippen molar-refractivity contribution in [1.82, 2.24) is 0 Å². The van der Waals surface area contributed by atoms with Crippen molar-refractivity contribution in [2.24, 2.45) is 5.41 Å². The molecule has 6 nitrogen and oxygen atoms in total. The Morgan fingerprint density at radius 3 is 1.19 bits per heavy atom. The van der Waals surface area contributed by atoms with E-state index >= 15 is 0 Å². The van der Waals surface area contributed by atoms with Gasteiger partial charge in [-0.3, -0.25) is 9.59 Å². The minimum atomic E-state index is -0.740. The Balaban J connectivity index is 0. The van der Waals surface area contributed by atoms with Crippen LogP contribution in [0.5, 0.6) is 0 Å². The summed E-state index contributed by atoms with van der Waals surface area (Å²) < 4.78 is 0. The monoisotopic (exact) mass is 306 g/mol. The second-order valence-electron chi connectivity index (χ2n) is 5.89. The van der Waals surface area contributed by atoms with Crippen molar-refractivity contribution in [3.05, 3.63) is 0 Å². The van der Waals surface area contributed by atoms with Crippen LogP contribution in [-0.2, 0) is 9.59 Å². The van der Waals surface area contributed by atoms with Gasteiger partial charge in [-0.25, -0.2) is 0 Å². The molecule has 0 bridgehead atoms. The number of carbonyl (C=O) groups is 2. The quantitative estimate of drug-likeness (QED) is 0.435. The zero-order chi connectivity index (χ0) is 16.7. The zero-order valence-electron chi connectivity index (χ0n) is 13.2. The number of aliphatic carboxylic acids is 2. The van der Waals surface area contributed by atoms with Crippen molar-refractivity contribution in [3.63, 3.8) is 0 Å². The number of aliphatic hydroxyl groups excluding tert-OH is 2. The number of unbranched alkanes of at least 4 members (excludes halogenated alkanes) is 5. The van der Waals surface area contributed by atoms with Gasteiger partial charge in [0, 0.05) is 18.3 Å². The van der Waals surface area contributed by atoms with Crippen LogP contribution in [-0.4, -0.2) is 45.6 Å². The normalized spacial score (nSPS) is 10.7. The summed E-state index contributed by atoms with van der Waals surface area (Å²) in [4.78, 5) is 20.3. The maximum atomic E-state index is 10.1. The molecule has 21 heavy (non-hydrogen) atoms. The molecule has 0 fully saturated rings. The van der Waals surface area contributed by atoms with Gasteiger partial charge in [-0.05, 0) is 12.8 Å². The summed E-state index contributed by atoms with van der Waals surface area (Å²) in [5.41, 5.74) is -0.306. The Bertz CT molecular complexity index is 249. The minimum Gasteiger partial charge on any atom is -0.481 e. The third-order valence-electron chi connectivity index (χ3n) is 2.89. The van der Waals surface area contributed by atoms with Gasteiger partial charge in [-0.1, -0.05) is 39.5 Å². The van der Waals surface area contributed by atoms with Gasteiger partial charge in [-0.15, -0.1) is 0 Å². The molecule has 0 radical (unpaired) electrons. The maximum absolute atomic E-state index is 10.1. The Morgan fingerprint density at radius 2 is 1.00 bits per heavy atom. The molecule has 0 saturated heterocycles. The first-order valence-electron chi connectivity index (χ1n) is 7.40. The lowest BCUT2D eigenvalue weighted by atomic mass is 9.97. The molecule has 0 amide bonds. The highest BCUT2D eigenvalue weighted by molar-refractivity contribution is 5.66. The molecule has 0 atom stereocenters. The van der Waals surface area contributed by atoms with Crippen LogP contribution in [0.25, 0.3) is 0 Å². The molecule has 0 aromatic heterocycles. The molecule has 0 saturated carbocycles. The highest BCUT2D eigenvalue weighted by atomic mass is 16.4. The van der Waals surface area contributed by atoms with Crippen LogP contribution in [0.2, 0.25) is 0 Å². The molecule has 126 valence electrons. The molecule has 0 spiro atoms. The van der Waals surface area contributed by atoms with Crippen LogP contribution in [0.3, 0.4) is 0 Å². The van der Waals surface area contributed by atoms with Gasteiger partial charge in [0.1, 0.15) is 0 Å². The van der Waals surface area contributed by atoms with Crippen LogP contribution >= 0.6 is 0 Å². The van der Waals surface area contributed by atoms with Gasteiger partial charge < -0.3 is 20.4 Å². The van der Waals surface area contributed by atoms with Gasteiger partial charge in [0.25, 0.3) is 0 Å². The lowest BCUT2D eigenvalue weighted by Gasteiger charge is -2.16. The Kier molecular flexibility index (Phi) is 14.6. The first-order chi connectivity index (χ1) is 9.75. The number of carboxylic acid groups (broad SMARTS) is 2. The van der Waals surface area contributed by atoms with Crippen molar-refractivity contribution < 1.29 is 30.0 Å². The van der Waals surface area contributed by atoms with Crippen molar-refractivity contribution >= 4 is 11.9 Å². The Morgan fingerprint density at radius 1 is 0.714 bits per heavy atom. The third kappa shape index (κ3) is 21.3. The van der Waals surface area contributed by atoms with Crippen LogP contribution in [0.4, 0.5) is 0 Å². The summed E-state index contributed by atoms with van der Waals surface area (Å²) in [6.45, 7) is 3.69. The predicted octanol–water partition coefficient (Wildman–Crippen LogP) is 2.27. The molecule has 0 aromatic carbocycles. The highest BCUT2D eigenvalue weighted by Gasteiger charge is 2.13. The van der Waals surface area contributed by atoms with E-state index in [-0.39, 0.29) is 31.5 Å². The standard InChI is InChI=1S/C10H18O4.C5H12O2/c11-9(12)7-5-3-1-2-4-6-8-10(13)14;1-5(2,3-6)4-7/h1-8H2,(H,11,12)(H,13,14);6-7H,3-4H2,1-2H3. The van der Waals surface area contributed by atoms with Gasteiger partial charge in [-0.2, -0.15) is 0 Å². The van der Waals surface area contributed by atoms with E-state index in [2.05, 4.69) is 0 Å². The Hall–Kier alpha value is -1.14. The topological polar surface area (TPSA) is 115 Å². The fraction of sp³-hybridized carbons (Fsp3) is 0.867. The fourth-order valence-corrected chi connectivity index (χ4v) is 1.31. The summed E-state index contributed by atoms with van der Waals surface area (Å²) in [6.07, 6.45) is 5.82. The molecule has 0 heterocycles. The molecule has 0 unspecified atom stereocenters. The van der Waals surface area contributed by atoms with E-state index in [1.54, 1.807) is 13.8 Å². The number of rotatable bonds is 11. The third-order valence-corrected chi connectivity index (χ3v) is 2.89. The molecule has 0 aliphatic carbocycles. The van der Waals surface area contributed by atoms with Gasteiger partial charge >= 0.3 is 11.9 Å². The van der Waals surface area contributed by atoms with Crippen molar-refractivity contribution in [2.45, 2.75) is 65.2 Å². The average Bonchev–Trinajstić information content (AvgIpc) is 2.42. The van der Waals surface area contributed by atoms with Crippen molar-refractivity contribution in [1.29, 1.82) is 0 Å². The van der Waals surface area contributed by atoms with E-state index in [4.69, 9.17) is 20.4 Å². The number of carboxylic acids is 2. The van der Waals surface area contributed by atoms with E-state index in [0.29, 0.717) is 0 Å². The average molecular weight is 306 g/mol. The minimum absolute atomic E-state index is 0.0451. The fourth-order valence-electron chi connectivity index (χ4n) is 1.31. The zero-order valence-corrected chi connectivity index (χ0v) is 13.2. The van der Waals surface area contributed by atoms with E-state index in [1.165, 1.54) is 0 Å². The van der Waals surface area contributed by atoms with Crippen LogP contribution in [0, 0.1) is 5.41 Å². The SMILES string of the molecule is CC(C)(CO)CO.O=C(O)CCCCCCCCC(=O)O. The maximum Gasteiger partial charge on any atom is 0.303 e. The molecular weight excluding hydrogens is 276 g/mol. The molecule has 4 N–H and O–H groups in total. The largest absolute Gasteiger partial charge is 0.481 e. The molecule has 6 heteroatoms. The summed E-state index contributed by atoms with van der Waals surface area (Å²) in [7, 11) is 0. The van der Waals surface area contributed by atoms with E-state index < -0.39 is 11.9 Å². The van der Waals surface area contributed by atoms with Gasteiger partial charge in [0.05, 0.1) is 13.2 Å².